The zero-order valence-corrected chi connectivity index (χ0v) is 12.8. The van der Waals surface area contributed by atoms with Crippen LogP contribution in [0.15, 0.2) is 23.4 Å². The molecule has 0 aliphatic carbocycles. The van der Waals surface area contributed by atoms with E-state index in [9.17, 15) is 4.39 Å². The molecule has 20 heavy (non-hydrogen) atoms. The standard InChI is InChI=1S/C15H24FN3O/c1-10(15(2,3)4)19(5)9-11-6-7-12(16)8-13(11)14(17)18-20/h6-8,10,20H,9H2,1-5H3,(H2,17,18). The Bertz CT molecular complexity index is 494. The van der Waals surface area contributed by atoms with Crippen LogP contribution >= 0.6 is 0 Å². The lowest BCUT2D eigenvalue weighted by atomic mass is 9.87. The van der Waals surface area contributed by atoms with Gasteiger partial charge in [0.25, 0.3) is 0 Å². The van der Waals surface area contributed by atoms with Gasteiger partial charge < -0.3 is 10.9 Å². The van der Waals surface area contributed by atoms with Gasteiger partial charge in [0.05, 0.1) is 0 Å². The summed E-state index contributed by atoms with van der Waals surface area (Å²) in [6.07, 6.45) is 0. The minimum Gasteiger partial charge on any atom is -0.409 e. The van der Waals surface area contributed by atoms with E-state index in [1.165, 1.54) is 12.1 Å². The second-order valence-electron chi connectivity index (χ2n) is 6.24. The molecule has 0 spiro atoms. The van der Waals surface area contributed by atoms with Crippen LogP contribution in [-0.4, -0.2) is 29.0 Å². The molecule has 1 aromatic rings. The maximum absolute atomic E-state index is 13.3. The molecule has 5 heteroatoms. The minimum absolute atomic E-state index is 0.0729. The van der Waals surface area contributed by atoms with Crippen molar-refractivity contribution >= 4 is 5.84 Å². The molecule has 1 aromatic carbocycles. The first-order chi connectivity index (χ1) is 9.16. The Labute approximate surface area is 120 Å². The monoisotopic (exact) mass is 281 g/mol. The van der Waals surface area contributed by atoms with Gasteiger partial charge in [0.2, 0.25) is 0 Å². The number of oxime groups is 1. The first-order valence-corrected chi connectivity index (χ1v) is 6.63. The average molecular weight is 281 g/mol. The topological polar surface area (TPSA) is 61.8 Å². The fourth-order valence-corrected chi connectivity index (χ4v) is 2.05. The van der Waals surface area contributed by atoms with Crippen LogP contribution < -0.4 is 5.73 Å². The molecule has 0 fully saturated rings. The van der Waals surface area contributed by atoms with E-state index in [-0.39, 0.29) is 11.3 Å². The number of amidine groups is 1. The fraction of sp³-hybridized carbons (Fsp3) is 0.533. The number of hydrogen-bond acceptors (Lipinski definition) is 3. The molecule has 112 valence electrons. The van der Waals surface area contributed by atoms with Crippen molar-refractivity contribution in [1.82, 2.24) is 4.90 Å². The Hall–Kier alpha value is -1.62. The molecule has 0 aliphatic rings. The van der Waals surface area contributed by atoms with Crippen molar-refractivity contribution in [2.45, 2.75) is 40.3 Å². The largest absolute Gasteiger partial charge is 0.409 e. The van der Waals surface area contributed by atoms with Crippen LogP contribution in [-0.2, 0) is 6.54 Å². The summed E-state index contributed by atoms with van der Waals surface area (Å²) in [4.78, 5) is 2.17. The van der Waals surface area contributed by atoms with E-state index in [0.717, 1.165) is 5.56 Å². The fourth-order valence-electron chi connectivity index (χ4n) is 2.05. The summed E-state index contributed by atoms with van der Waals surface area (Å²) in [7, 11) is 2.01. The highest BCUT2D eigenvalue weighted by Gasteiger charge is 2.24. The quantitative estimate of drug-likeness (QED) is 0.386. The molecule has 1 unspecified atom stereocenters. The molecule has 0 bridgehead atoms. The maximum atomic E-state index is 13.3. The second-order valence-corrected chi connectivity index (χ2v) is 6.24. The highest BCUT2D eigenvalue weighted by Crippen LogP contribution is 2.25. The minimum atomic E-state index is -0.401. The molecular formula is C15H24FN3O. The van der Waals surface area contributed by atoms with Crippen molar-refractivity contribution < 1.29 is 9.60 Å². The number of benzene rings is 1. The molecule has 3 N–H and O–H groups in total. The number of nitrogens with two attached hydrogens (primary N) is 1. The Balaban J connectivity index is 3.04. The summed E-state index contributed by atoms with van der Waals surface area (Å²) < 4.78 is 13.3. The van der Waals surface area contributed by atoms with Crippen LogP contribution in [0.2, 0.25) is 0 Å². The van der Waals surface area contributed by atoms with Gasteiger partial charge in [-0.25, -0.2) is 4.39 Å². The van der Waals surface area contributed by atoms with E-state index in [2.05, 4.69) is 37.8 Å². The van der Waals surface area contributed by atoms with Crippen LogP contribution in [0.3, 0.4) is 0 Å². The van der Waals surface area contributed by atoms with E-state index in [1.807, 2.05) is 7.05 Å². The number of hydrogen-bond donors (Lipinski definition) is 2. The first kappa shape index (κ1) is 16.4. The molecule has 0 saturated carbocycles. The van der Waals surface area contributed by atoms with Crippen molar-refractivity contribution in [2.75, 3.05) is 7.05 Å². The van der Waals surface area contributed by atoms with E-state index < -0.39 is 5.82 Å². The van der Waals surface area contributed by atoms with Crippen molar-refractivity contribution in [3.63, 3.8) is 0 Å². The lowest BCUT2D eigenvalue weighted by Crippen LogP contribution is -2.39. The van der Waals surface area contributed by atoms with Crippen LogP contribution in [0.5, 0.6) is 0 Å². The van der Waals surface area contributed by atoms with E-state index >= 15 is 0 Å². The van der Waals surface area contributed by atoms with Gasteiger partial charge in [-0.2, -0.15) is 0 Å². The van der Waals surface area contributed by atoms with Gasteiger partial charge in [-0.1, -0.05) is 32.0 Å². The van der Waals surface area contributed by atoms with Gasteiger partial charge in [0.15, 0.2) is 5.84 Å². The Kier molecular flexibility index (Phi) is 5.11. The predicted molar refractivity (Wildman–Crippen MR) is 79.3 cm³/mol. The predicted octanol–water partition coefficient (Wildman–Crippen LogP) is 2.79. The SMILES string of the molecule is CC(N(C)Cc1ccc(F)cc1C(N)=NO)C(C)(C)C. The molecule has 0 saturated heterocycles. The van der Waals surface area contributed by atoms with Gasteiger partial charge in [-0.05, 0) is 37.1 Å². The Morgan fingerprint density at radius 3 is 2.55 bits per heavy atom. The Morgan fingerprint density at radius 2 is 2.05 bits per heavy atom. The molecule has 0 heterocycles. The zero-order valence-electron chi connectivity index (χ0n) is 12.8. The van der Waals surface area contributed by atoms with Crippen molar-refractivity contribution in [2.24, 2.45) is 16.3 Å². The van der Waals surface area contributed by atoms with Crippen LogP contribution in [0.25, 0.3) is 0 Å². The molecule has 1 atom stereocenters. The summed E-state index contributed by atoms with van der Waals surface area (Å²) in [5.74, 6) is -0.474. The molecule has 0 amide bonds. The highest BCUT2D eigenvalue weighted by molar-refractivity contribution is 5.98. The third-order valence-corrected chi connectivity index (χ3v) is 3.79. The third kappa shape index (κ3) is 3.93. The van der Waals surface area contributed by atoms with Gasteiger partial charge in [-0.15, -0.1) is 0 Å². The summed E-state index contributed by atoms with van der Waals surface area (Å²) in [6, 6.07) is 4.68. The third-order valence-electron chi connectivity index (χ3n) is 3.79. The number of rotatable bonds is 4. The maximum Gasteiger partial charge on any atom is 0.170 e. The normalized spacial score (nSPS) is 14.7. The summed E-state index contributed by atoms with van der Waals surface area (Å²) in [5, 5.41) is 11.8. The Morgan fingerprint density at radius 1 is 1.45 bits per heavy atom. The molecular weight excluding hydrogens is 257 g/mol. The van der Waals surface area contributed by atoms with Gasteiger partial charge in [-0.3, -0.25) is 4.90 Å². The van der Waals surface area contributed by atoms with Gasteiger partial charge >= 0.3 is 0 Å². The number of nitrogens with zero attached hydrogens (tertiary/aromatic N) is 2. The summed E-state index contributed by atoms with van der Waals surface area (Å²) in [6.45, 7) is 9.26. The number of halogens is 1. The molecule has 4 nitrogen and oxygen atoms in total. The van der Waals surface area contributed by atoms with Crippen molar-refractivity contribution in [3.8, 4) is 0 Å². The van der Waals surface area contributed by atoms with Crippen molar-refractivity contribution in [3.05, 3.63) is 35.1 Å². The summed E-state index contributed by atoms with van der Waals surface area (Å²) >= 11 is 0. The van der Waals surface area contributed by atoms with E-state index in [4.69, 9.17) is 10.9 Å². The lowest BCUT2D eigenvalue weighted by Gasteiger charge is -2.35. The molecule has 0 aromatic heterocycles. The lowest BCUT2D eigenvalue weighted by molar-refractivity contribution is 0.134. The summed E-state index contributed by atoms with van der Waals surface area (Å²) in [5.41, 5.74) is 7.01. The molecule has 1 rings (SSSR count). The second kappa shape index (κ2) is 6.22. The molecule has 0 radical (unpaired) electrons. The van der Waals surface area contributed by atoms with Crippen LogP contribution in [0.1, 0.15) is 38.8 Å². The van der Waals surface area contributed by atoms with Crippen LogP contribution in [0.4, 0.5) is 4.39 Å². The first-order valence-electron chi connectivity index (χ1n) is 6.63. The van der Waals surface area contributed by atoms with E-state index in [0.29, 0.717) is 18.2 Å². The zero-order chi connectivity index (χ0) is 15.5. The van der Waals surface area contributed by atoms with Gasteiger partial charge in [0.1, 0.15) is 5.82 Å². The van der Waals surface area contributed by atoms with Crippen molar-refractivity contribution in [1.29, 1.82) is 0 Å². The molecule has 0 aliphatic heterocycles. The average Bonchev–Trinajstić information content (AvgIpc) is 2.37. The van der Waals surface area contributed by atoms with E-state index in [1.54, 1.807) is 6.07 Å². The van der Waals surface area contributed by atoms with Crippen LogP contribution in [0, 0.1) is 11.2 Å². The van der Waals surface area contributed by atoms with Gasteiger partial charge in [0, 0.05) is 18.2 Å². The smallest absolute Gasteiger partial charge is 0.170 e. The highest BCUT2D eigenvalue weighted by atomic mass is 19.1.